The third kappa shape index (κ3) is 6.20. The van der Waals surface area contributed by atoms with E-state index in [0.717, 1.165) is 31.2 Å². The molecule has 0 aliphatic carbocycles. The van der Waals surface area contributed by atoms with E-state index in [2.05, 4.69) is 20.7 Å². The number of methoxy groups -OCH3 is 1. The van der Waals surface area contributed by atoms with Gasteiger partial charge in [-0.1, -0.05) is 0 Å². The van der Waals surface area contributed by atoms with E-state index >= 15 is 0 Å². The van der Waals surface area contributed by atoms with E-state index in [1.807, 2.05) is 12.1 Å². The van der Waals surface area contributed by atoms with Crippen LogP contribution in [0, 0.1) is 0 Å². The van der Waals surface area contributed by atoms with Crippen molar-refractivity contribution >= 4 is 11.8 Å². The Balaban J connectivity index is 1.35. The van der Waals surface area contributed by atoms with Crippen LogP contribution in [-0.2, 0) is 25.6 Å². The first-order chi connectivity index (χ1) is 18.6. The summed E-state index contributed by atoms with van der Waals surface area (Å²) in [5.41, 5.74) is 0.739. The highest BCUT2D eigenvalue weighted by Gasteiger charge is 2.36. The molecule has 0 radical (unpaired) electrons. The predicted octanol–water partition coefficient (Wildman–Crippen LogP) is 1.99. The minimum Gasteiger partial charge on any atom is -0.497 e. The van der Waals surface area contributed by atoms with Crippen LogP contribution in [0.4, 0.5) is 0 Å². The second-order valence-corrected chi connectivity index (χ2v) is 9.35. The van der Waals surface area contributed by atoms with Gasteiger partial charge >= 0.3 is 0 Å². The highest BCUT2D eigenvalue weighted by Crippen LogP contribution is 2.26. The highest BCUT2D eigenvalue weighted by atomic mass is 16.5. The van der Waals surface area contributed by atoms with Crippen molar-refractivity contribution in [2.75, 3.05) is 33.4 Å². The molecule has 1 aromatic carbocycles. The predicted molar refractivity (Wildman–Crippen MR) is 134 cm³/mol. The zero-order valence-corrected chi connectivity index (χ0v) is 21.3. The maximum Gasteiger partial charge on any atom is 0.250 e. The Morgan fingerprint density at radius 1 is 1.13 bits per heavy atom. The van der Waals surface area contributed by atoms with Crippen molar-refractivity contribution < 1.29 is 28.2 Å². The number of tetrazole rings is 1. The number of benzene rings is 1. The molecule has 12 nitrogen and oxygen atoms in total. The number of nitrogens with zero attached hydrogens (tertiary/aromatic N) is 5. The Kier molecular flexibility index (Phi) is 8.29. The molecular weight excluding hydrogens is 492 g/mol. The Hall–Kier alpha value is -3.77. The SMILES string of the molecule is COc1ccc(-c2nnn(CC(=O)N(CC3CCCO3)C(C(=O)NCC3CCCO3)c3ccco3)n2)cc1. The Labute approximate surface area is 220 Å². The summed E-state index contributed by atoms with van der Waals surface area (Å²) in [5, 5.41) is 15.5. The normalized spacial score (nSPS) is 19.8. The summed E-state index contributed by atoms with van der Waals surface area (Å²) in [5.74, 6) is 0.762. The Bertz CT molecular complexity index is 1190. The van der Waals surface area contributed by atoms with Crippen molar-refractivity contribution in [2.45, 2.75) is 50.5 Å². The summed E-state index contributed by atoms with van der Waals surface area (Å²) in [7, 11) is 1.59. The smallest absolute Gasteiger partial charge is 0.250 e. The first kappa shape index (κ1) is 25.9. The van der Waals surface area contributed by atoms with E-state index in [9.17, 15) is 9.59 Å². The van der Waals surface area contributed by atoms with Gasteiger partial charge in [0, 0.05) is 31.9 Å². The maximum atomic E-state index is 13.7. The van der Waals surface area contributed by atoms with Crippen molar-refractivity contribution in [3.63, 3.8) is 0 Å². The van der Waals surface area contributed by atoms with Crippen LogP contribution in [0.2, 0.25) is 0 Å². The summed E-state index contributed by atoms with van der Waals surface area (Å²) < 4.78 is 22.3. The number of carbonyl (C=O) groups is 2. The number of rotatable bonds is 11. The molecule has 1 N–H and O–H groups in total. The van der Waals surface area contributed by atoms with Gasteiger partial charge in [0.05, 0.1) is 25.6 Å². The van der Waals surface area contributed by atoms with Crippen LogP contribution in [-0.4, -0.2) is 82.5 Å². The van der Waals surface area contributed by atoms with Crippen LogP contribution < -0.4 is 10.1 Å². The van der Waals surface area contributed by atoms with E-state index in [0.29, 0.717) is 37.1 Å². The summed E-state index contributed by atoms with van der Waals surface area (Å²) in [4.78, 5) is 29.9. The lowest BCUT2D eigenvalue weighted by Gasteiger charge is -2.31. The van der Waals surface area contributed by atoms with Gasteiger partial charge in [-0.15, -0.1) is 10.2 Å². The van der Waals surface area contributed by atoms with Gasteiger partial charge in [-0.2, -0.15) is 4.80 Å². The Morgan fingerprint density at radius 3 is 2.55 bits per heavy atom. The zero-order chi connectivity index (χ0) is 26.3. The molecule has 3 atom stereocenters. The topological polar surface area (TPSA) is 134 Å². The van der Waals surface area contributed by atoms with E-state index < -0.39 is 6.04 Å². The van der Waals surface area contributed by atoms with E-state index in [-0.39, 0.29) is 37.1 Å². The summed E-state index contributed by atoms with van der Waals surface area (Å²) in [6.07, 6.45) is 4.84. The van der Waals surface area contributed by atoms with Crippen molar-refractivity contribution in [1.82, 2.24) is 30.4 Å². The molecule has 3 unspecified atom stereocenters. The van der Waals surface area contributed by atoms with Gasteiger partial charge in [-0.25, -0.2) is 0 Å². The number of hydrogen-bond donors (Lipinski definition) is 1. The van der Waals surface area contributed by atoms with Gasteiger partial charge in [-0.05, 0) is 67.3 Å². The number of furan rings is 1. The number of amides is 2. The molecule has 2 saturated heterocycles. The fourth-order valence-electron chi connectivity index (χ4n) is 4.72. The van der Waals surface area contributed by atoms with Crippen molar-refractivity contribution in [2.24, 2.45) is 0 Å². The standard InChI is InChI=1S/C26H32N6O6/c1-35-19-10-8-18(9-11-19)25-28-30-32(29-25)17-23(33)31(16-21-6-3-13-37-21)24(22-7-4-14-38-22)26(34)27-15-20-5-2-12-36-20/h4,7-11,14,20-21,24H,2-3,5-6,12-13,15-17H2,1H3,(H,27,34). The molecule has 2 amide bonds. The monoisotopic (exact) mass is 524 g/mol. The molecule has 0 saturated carbocycles. The number of ether oxygens (including phenoxy) is 3. The quantitative estimate of drug-likeness (QED) is 0.400. The first-order valence-electron chi connectivity index (χ1n) is 12.9. The molecular formula is C26H32N6O6. The maximum absolute atomic E-state index is 13.7. The van der Waals surface area contributed by atoms with Crippen LogP contribution in [0.3, 0.4) is 0 Å². The van der Waals surface area contributed by atoms with Gasteiger partial charge < -0.3 is 28.8 Å². The van der Waals surface area contributed by atoms with E-state index in [1.165, 1.54) is 16.0 Å². The molecule has 5 rings (SSSR count). The third-order valence-corrected chi connectivity index (χ3v) is 6.72. The van der Waals surface area contributed by atoms with Crippen molar-refractivity contribution in [3.05, 3.63) is 48.4 Å². The van der Waals surface area contributed by atoms with Gasteiger partial charge in [-0.3, -0.25) is 9.59 Å². The minimum absolute atomic E-state index is 0.0331. The number of carbonyl (C=O) groups excluding carboxylic acids is 2. The van der Waals surface area contributed by atoms with Crippen LogP contribution >= 0.6 is 0 Å². The molecule has 2 aromatic heterocycles. The molecule has 202 valence electrons. The van der Waals surface area contributed by atoms with Crippen molar-refractivity contribution in [1.29, 1.82) is 0 Å². The number of hydrogen-bond acceptors (Lipinski definition) is 9. The molecule has 0 bridgehead atoms. The zero-order valence-electron chi connectivity index (χ0n) is 21.3. The molecule has 12 heteroatoms. The third-order valence-electron chi connectivity index (χ3n) is 6.72. The summed E-state index contributed by atoms with van der Waals surface area (Å²) >= 11 is 0. The lowest BCUT2D eigenvalue weighted by atomic mass is 10.1. The summed E-state index contributed by atoms with van der Waals surface area (Å²) in [6.45, 7) is 1.71. The second kappa shape index (κ2) is 12.2. The van der Waals surface area contributed by atoms with Crippen LogP contribution in [0.1, 0.15) is 37.5 Å². The molecule has 2 fully saturated rings. The fraction of sp³-hybridized carbons (Fsp3) is 0.500. The van der Waals surface area contributed by atoms with Gasteiger partial charge in [0.1, 0.15) is 18.1 Å². The lowest BCUT2D eigenvalue weighted by Crippen LogP contribution is -2.48. The largest absolute Gasteiger partial charge is 0.497 e. The summed E-state index contributed by atoms with van der Waals surface area (Å²) in [6, 6.07) is 9.65. The van der Waals surface area contributed by atoms with Gasteiger partial charge in [0.25, 0.3) is 5.91 Å². The average molecular weight is 525 g/mol. The lowest BCUT2D eigenvalue weighted by molar-refractivity contribution is -0.144. The number of nitrogens with one attached hydrogen (secondary N) is 1. The molecule has 3 aromatic rings. The van der Waals surface area contributed by atoms with Gasteiger partial charge in [0.15, 0.2) is 6.04 Å². The molecule has 4 heterocycles. The highest BCUT2D eigenvalue weighted by molar-refractivity contribution is 5.88. The average Bonchev–Trinajstić information content (AvgIpc) is 3.76. The second-order valence-electron chi connectivity index (χ2n) is 9.35. The molecule has 0 spiro atoms. The molecule has 2 aliphatic heterocycles. The van der Waals surface area contributed by atoms with Crippen LogP contribution in [0.5, 0.6) is 5.75 Å². The van der Waals surface area contributed by atoms with Crippen LogP contribution in [0.25, 0.3) is 11.4 Å². The molecule has 38 heavy (non-hydrogen) atoms. The van der Waals surface area contributed by atoms with Crippen LogP contribution in [0.15, 0.2) is 47.1 Å². The number of aromatic nitrogens is 4. The Morgan fingerprint density at radius 2 is 1.89 bits per heavy atom. The van der Waals surface area contributed by atoms with Gasteiger partial charge in [0.2, 0.25) is 11.7 Å². The van der Waals surface area contributed by atoms with E-state index in [4.69, 9.17) is 18.6 Å². The first-order valence-corrected chi connectivity index (χ1v) is 12.9. The fourth-order valence-corrected chi connectivity index (χ4v) is 4.72. The minimum atomic E-state index is -0.979. The van der Waals surface area contributed by atoms with E-state index in [1.54, 1.807) is 31.4 Å². The van der Waals surface area contributed by atoms with Crippen molar-refractivity contribution in [3.8, 4) is 17.1 Å². The molecule has 2 aliphatic rings.